The van der Waals surface area contributed by atoms with E-state index in [0.29, 0.717) is 24.0 Å². The number of aromatic nitrogens is 3. The predicted octanol–water partition coefficient (Wildman–Crippen LogP) is 1.61. The van der Waals surface area contributed by atoms with Crippen LogP contribution in [0.15, 0.2) is 27.5 Å². The van der Waals surface area contributed by atoms with Gasteiger partial charge in [0.05, 0.1) is 5.56 Å². The number of halogens is 2. The standard InChI is InChI=1S/C19H23BrFN5O3/c20-15-6-5-13(21)12-14(15)18(28)23-9-7-17(27)22-8-3-11-26-19(29)25-10-2-1-4-16(25)24-26/h5-6,12H,1-4,7-11H2,(H,22,27)(H,23,28). The van der Waals surface area contributed by atoms with Crippen molar-refractivity contribution in [3.63, 3.8) is 0 Å². The molecule has 1 aliphatic heterocycles. The normalized spacial score (nSPS) is 13.0. The molecule has 1 aromatic carbocycles. The molecule has 0 saturated heterocycles. The van der Waals surface area contributed by atoms with E-state index in [-0.39, 0.29) is 30.1 Å². The van der Waals surface area contributed by atoms with E-state index in [1.165, 1.54) is 16.8 Å². The fourth-order valence-corrected chi connectivity index (χ4v) is 3.62. The highest BCUT2D eigenvalue weighted by Gasteiger charge is 2.16. The number of hydrogen-bond donors (Lipinski definition) is 2. The summed E-state index contributed by atoms with van der Waals surface area (Å²) in [5, 5.41) is 9.71. The van der Waals surface area contributed by atoms with E-state index in [0.717, 1.165) is 37.7 Å². The van der Waals surface area contributed by atoms with Crippen LogP contribution in [0.3, 0.4) is 0 Å². The highest BCUT2D eigenvalue weighted by Crippen LogP contribution is 2.17. The SMILES string of the molecule is O=C(CCNC(=O)c1cc(F)ccc1Br)NCCCn1nc2n(c1=O)CCCC2. The van der Waals surface area contributed by atoms with Crippen molar-refractivity contribution in [1.29, 1.82) is 0 Å². The van der Waals surface area contributed by atoms with Crippen molar-refractivity contribution in [1.82, 2.24) is 25.0 Å². The minimum Gasteiger partial charge on any atom is -0.356 e. The monoisotopic (exact) mass is 467 g/mol. The smallest absolute Gasteiger partial charge is 0.345 e. The third-order valence-electron chi connectivity index (χ3n) is 4.71. The van der Waals surface area contributed by atoms with E-state index >= 15 is 0 Å². The van der Waals surface area contributed by atoms with Gasteiger partial charge in [-0.15, -0.1) is 0 Å². The summed E-state index contributed by atoms with van der Waals surface area (Å²) in [7, 11) is 0. The lowest BCUT2D eigenvalue weighted by Gasteiger charge is -2.09. The first kappa shape index (κ1) is 21.2. The zero-order valence-corrected chi connectivity index (χ0v) is 17.5. The summed E-state index contributed by atoms with van der Waals surface area (Å²) in [6.07, 6.45) is 3.58. The Bertz CT molecular complexity index is 956. The third-order valence-corrected chi connectivity index (χ3v) is 5.40. The number of amides is 2. The highest BCUT2D eigenvalue weighted by molar-refractivity contribution is 9.10. The molecule has 0 fully saturated rings. The maximum atomic E-state index is 13.3. The number of carbonyl (C=O) groups excluding carboxylic acids is 2. The van der Waals surface area contributed by atoms with Crippen molar-refractivity contribution in [2.75, 3.05) is 13.1 Å². The molecule has 2 heterocycles. The molecule has 1 aromatic heterocycles. The average molecular weight is 468 g/mol. The van der Waals surface area contributed by atoms with Gasteiger partial charge in [0.2, 0.25) is 5.91 Å². The van der Waals surface area contributed by atoms with Crippen LogP contribution < -0.4 is 16.3 Å². The first-order chi connectivity index (χ1) is 14.0. The summed E-state index contributed by atoms with van der Waals surface area (Å²) in [4.78, 5) is 36.2. The van der Waals surface area contributed by atoms with Gasteiger partial charge in [0, 0.05) is 43.5 Å². The second kappa shape index (κ2) is 9.82. The van der Waals surface area contributed by atoms with Crippen molar-refractivity contribution in [2.45, 2.75) is 45.2 Å². The number of aryl methyl sites for hydroxylation is 2. The Morgan fingerprint density at radius 1 is 1.21 bits per heavy atom. The van der Waals surface area contributed by atoms with Gasteiger partial charge in [0.25, 0.3) is 5.91 Å². The molecule has 3 rings (SSSR count). The molecule has 0 spiro atoms. The van der Waals surface area contributed by atoms with Gasteiger partial charge in [-0.1, -0.05) is 0 Å². The first-order valence-corrected chi connectivity index (χ1v) is 10.4. The van der Waals surface area contributed by atoms with Crippen LogP contribution in [0.2, 0.25) is 0 Å². The van der Waals surface area contributed by atoms with Crippen LogP contribution >= 0.6 is 15.9 Å². The van der Waals surface area contributed by atoms with E-state index < -0.39 is 11.7 Å². The molecule has 1 aliphatic rings. The molecule has 8 nitrogen and oxygen atoms in total. The summed E-state index contributed by atoms with van der Waals surface area (Å²) >= 11 is 3.20. The first-order valence-electron chi connectivity index (χ1n) is 9.62. The van der Waals surface area contributed by atoms with Gasteiger partial charge in [-0.05, 0) is 53.4 Å². The van der Waals surface area contributed by atoms with Crippen LogP contribution in [-0.4, -0.2) is 39.3 Å². The fraction of sp³-hybridized carbons (Fsp3) is 0.474. The van der Waals surface area contributed by atoms with Crippen molar-refractivity contribution >= 4 is 27.7 Å². The number of rotatable bonds is 8. The van der Waals surface area contributed by atoms with Gasteiger partial charge >= 0.3 is 5.69 Å². The fourth-order valence-electron chi connectivity index (χ4n) is 3.20. The summed E-state index contributed by atoms with van der Waals surface area (Å²) in [6, 6.07) is 3.84. The summed E-state index contributed by atoms with van der Waals surface area (Å²) < 4.78 is 16.9. The molecule has 10 heteroatoms. The van der Waals surface area contributed by atoms with Crippen molar-refractivity contribution in [3.8, 4) is 0 Å². The van der Waals surface area contributed by atoms with E-state index in [1.54, 1.807) is 4.57 Å². The molecule has 156 valence electrons. The van der Waals surface area contributed by atoms with Gasteiger partial charge < -0.3 is 10.6 Å². The molecular weight excluding hydrogens is 445 g/mol. The molecular formula is C19H23BrFN5O3. The molecule has 0 atom stereocenters. The number of hydrogen-bond acceptors (Lipinski definition) is 4. The van der Waals surface area contributed by atoms with Crippen molar-refractivity contribution < 1.29 is 14.0 Å². The number of nitrogens with zero attached hydrogens (tertiary/aromatic N) is 3. The maximum absolute atomic E-state index is 13.3. The number of nitrogens with one attached hydrogen (secondary N) is 2. The quantitative estimate of drug-likeness (QED) is 0.576. The topological polar surface area (TPSA) is 98.0 Å². The minimum atomic E-state index is -0.506. The number of carbonyl (C=O) groups is 2. The molecule has 2 aromatic rings. The Hall–Kier alpha value is -2.49. The molecule has 2 N–H and O–H groups in total. The predicted molar refractivity (Wildman–Crippen MR) is 108 cm³/mol. The van der Waals surface area contributed by atoms with E-state index in [4.69, 9.17) is 0 Å². The second-order valence-electron chi connectivity index (χ2n) is 6.86. The largest absolute Gasteiger partial charge is 0.356 e. The molecule has 29 heavy (non-hydrogen) atoms. The molecule has 0 radical (unpaired) electrons. The summed E-state index contributed by atoms with van der Waals surface area (Å²) in [5.41, 5.74) is 0.0934. The summed E-state index contributed by atoms with van der Waals surface area (Å²) in [5.74, 6) is -0.327. The van der Waals surface area contributed by atoms with Crippen LogP contribution in [0.25, 0.3) is 0 Å². The molecule has 0 saturated carbocycles. The van der Waals surface area contributed by atoms with E-state index in [9.17, 15) is 18.8 Å². The lowest BCUT2D eigenvalue weighted by molar-refractivity contribution is -0.120. The zero-order valence-electron chi connectivity index (χ0n) is 15.9. The highest BCUT2D eigenvalue weighted by atomic mass is 79.9. The summed E-state index contributed by atoms with van der Waals surface area (Å²) in [6.45, 7) is 1.73. The maximum Gasteiger partial charge on any atom is 0.345 e. The van der Waals surface area contributed by atoms with E-state index in [2.05, 4.69) is 31.7 Å². The molecule has 0 bridgehead atoms. The Kier molecular flexibility index (Phi) is 7.18. The van der Waals surface area contributed by atoms with Crippen molar-refractivity contribution in [2.24, 2.45) is 0 Å². The number of benzene rings is 1. The van der Waals surface area contributed by atoms with Crippen molar-refractivity contribution in [3.05, 3.63) is 50.4 Å². The average Bonchev–Trinajstić information content (AvgIpc) is 3.03. The van der Waals surface area contributed by atoms with Gasteiger partial charge in [0.15, 0.2) is 0 Å². The third kappa shape index (κ3) is 5.53. The Morgan fingerprint density at radius 3 is 2.83 bits per heavy atom. The van der Waals surface area contributed by atoms with Gasteiger partial charge in [-0.2, -0.15) is 5.10 Å². The second-order valence-corrected chi connectivity index (χ2v) is 7.72. The zero-order chi connectivity index (χ0) is 20.8. The lowest BCUT2D eigenvalue weighted by atomic mass is 10.2. The Balaban J connectivity index is 1.35. The van der Waals surface area contributed by atoms with Crippen LogP contribution in [-0.2, 0) is 24.3 Å². The number of fused-ring (bicyclic) bond motifs is 1. The van der Waals surface area contributed by atoms with Crippen LogP contribution in [0, 0.1) is 5.82 Å². The molecule has 2 amide bonds. The van der Waals surface area contributed by atoms with Gasteiger partial charge in [-0.25, -0.2) is 13.9 Å². The molecule has 0 aliphatic carbocycles. The lowest BCUT2D eigenvalue weighted by Crippen LogP contribution is -2.32. The minimum absolute atomic E-state index is 0.0859. The van der Waals surface area contributed by atoms with Crippen LogP contribution in [0.1, 0.15) is 41.9 Å². The molecule has 0 unspecified atom stereocenters. The van der Waals surface area contributed by atoms with Crippen LogP contribution in [0.5, 0.6) is 0 Å². The van der Waals surface area contributed by atoms with E-state index in [1.807, 2.05) is 0 Å². The Labute approximate surface area is 175 Å². The van der Waals surface area contributed by atoms with Crippen LogP contribution in [0.4, 0.5) is 4.39 Å². The van der Waals surface area contributed by atoms with Gasteiger partial charge in [0.1, 0.15) is 11.6 Å². The Morgan fingerprint density at radius 2 is 2.03 bits per heavy atom. The van der Waals surface area contributed by atoms with Gasteiger partial charge in [-0.3, -0.25) is 14.2 Å².